The van der Waals surface area contributed by atoms with Crippen LogP contribution in [-0.4, -0.2) is 19.4 Å². The molecule has 18 heavy (non-hydrogen) atoms. The van der Waals surface area contributed by atoms with Crippen molar-refractivity contribution in [2.24, 2.45) is 5.73 Å². The van der Waals surface area contributed by atoms with Gasteiger partial charge in [0, 0.05) is 6.42 Å². The van der Waals surface area contributed by atoms with E-state index in [9.17, 15) is 13.2 Å². The lowest BCUT2D eigenvalue weighted by Crippen LogP contribution is -2.36. The highest BCUT2D eigenvalue weighted by atomic mass is 19.4. The van der Waals surface area contributed by atoms with E-state index in [0.717, 1.165) is 0 Å². The fourth-order valence-electron chi connectivity index (χ4n) is 1.42. The first-order valence-corrected chi connectivity index (χ1v) is 5.27. The zero-order valence-electron chi connectivity index (χ0n) is 9.57. The van der Waals surface area contributed by atoms with Crippen LogP contribution in [0.4, 0.5) is 13.2 Å². The van der Waals surface area contributed by atoms with Gasteiger partial charge in [0.15, 0.2) is 0 Å². The van der Waals surface area contributed by atoms with Crippen molar-refractivity contribution in [3.8, 4) is 6.07 Å². The summed E-state index contributed by atoms with van der Waals surface area (Å²) >= 11 is 0. The van der Waals surface area contributed by atoms with Gasteiger partial charge in [-0.2, -0.15) is 18.4 Å². The summed E-state index contributed by atoms with van der Waals surface area (Å²) in [5.41, 5.74) is 5.08. The van der Waals surface area contributed by atoms with E-state index in [1.165, 1.54) is 0 Å². The topological polar surface area (TPSA) is 59.0 Å². The van der Waals surface area contributed by atoms with Gasteiger partial charge in [-0.05, 0) is 5.56 Å². The summed E-state index contributed by atoms with van der Waals surface area (Å²) in [6.45, 7) is -1.55. The number of ether oxygens (including phenoxy) is 1. The van der Waals surface area contributed by atoms with Crippen LogP contribution in [0.3, 0.4) is 0 Å². The Morgan fingerprint density at radius 2 is 1.83 bits per heavy atom. The number of nitrogens with zero attached hydrogens (tertiary/aromatic N) is 1. The second-order valence-corrected chi connectivity index (χ2v) is 3.87. The Morgan fingerprint density at radius 3 is 2.33 bits per heavy atom. The van der Waals surface area contributed by atoms with Gasteiger partial charge in [-0.15, -0.1) is 0 Å². The van der Waals surface area contributed by atoms with E-state index in [1.807, 2.05) is 6.07 Å². The molecule has 0 aliphatic heterocycles. The minimum atomic E-state index is -4.36. The molecule has 0 radical (unpaired) electrons. The number of nitriles is 1. The summed E-state index contributed by atoms with van der Waals surface area (Å²) in [5, 5.41) is 9.05. The molecule has 0 aliphatic carbocycles. The molecule has 0 amide bonds. The Balaban J connectivity index is 2.55. The molecular formula is C12H13F3N2O. The number of halogens is 3. The summed E-state index contributed by atoms with van der Waals surface area (Å²) in [7, 11) is 0. The van der Waals surface area contributed by atoms with Crippen molar-refractivity contribution in [1.82, 2.24) is 0 Å². The van der Waals surface area contributed by atoms with Crippen LogP contribution in [0, 0.1) is 11.3 Å². The van der Waals surface area contributed by atoms with Crippen LogP contribution in [0.5, 0.6) is 0 Å². The number of benzene rings is 1. The Bertz CT molecular complexity index is 414. The molecule has 0 spiro atoms. The zero-order valence-corrected chi connectivity index (χ0v) is 9.57. The van der Waals surface area contributed by atoms with Crippen LogP contribution < -0.4 is 5.73 Å². The fourth-order valence-corrected chi connectivity index (χ4v) is 1.42. The van der Waals surface area contributed by atoms with E-state index in [4.69, 9.17) is 11.0 Å². The molecule has 0 bridgehead atoms. The van der Waals surface area contributed by atoms with Crippen molar-refractivity contribution in [3.05, 3.63) is 35.9 Å². The van der Waals surface area contributed by atoms with Crippen LogP contribution in [-0.2, 0) is 10.3 Å². The molecule has 0 heterocycles. The van der Waals surface area contributed by atoms with E-state index in [-0.39, 0.29) is 13.0 Å². The molecule has 1 aromatic carbocycles. The quantitative estimate of drug-likeness (QED) is 0.824. The predicted molar refractivity (Wildman–Crippen MR) is 59.4 cm³/mol. The number of nitrogens with two attached hydrogens (primary N) is 1. The molecule has 6 heteroatoms. The number of hydrogen-bond donors (Lipinski definition) is 1. The van der Waals surface area contributed by atoms with E-state index < -0.39 is 18.3 Å². The van der Waals surface area contributed by atoms with Crippen molar-refractivity contribution in [2.75, 3.05) is 13.2 Å². The molecule has 0 saturated heterocycles. The third kappa shape index (κ3) is 4.35. The zero-order chi connectivity index (χ0) is 13.6. The molecule has 1 atom stereocenters. The first-order chi connectivity index (χ1) is 8.37. The van der Waals surface area contributed by atoms with Crippen molar-refractivity contribution in [2.45, 2.75) is 18.1 Å². The monoisotopic (exact) mass is 258 g/mol. The van der Waals surface area contributed by atoms with Gasteiger partial charge in [0.1, 0.15) is 12.1 Å². The van der Waals surface area contributed by atoms with E-state index in [2.05, 4.69) is 4.74 Å². The van der Waals surface area contributed by atoms with Gasteiger partial charge in [0.2, 0.25) is 0 Å². The maximum Gasteiger partial charge on any atom is 0.411 e. The van der Waals surface area contributed by atoms with E-state index >= 15 is 0 Å². The Labute approximate surface area is 103 Å². The van der Waals surface area contributed by atoms with Gasteiger partial charge < -0.3 is 10.5 Å². The van der Waals surface area contributed by atoms with Gasteiger partial charge in [0.25, 0.3) is 0 Å². The van der Waals surface area contributed by atoms with Gasteiger partial charge in [-0.3, -0.25) is 0 Å². The lowest BCUT2D eigenvalue weighted by atomic mass is 9.89. The normalized spacial score (nSPS) is 14.8. The summed E-state index contributed by atoms with van der Waals surface area (Å²) < 4.78 is 40.0. The largest absolute Gasteiger partial charge is 0.411 e. The van der Waals surface area contributed by atoms with Gasteiger partial charge in [-0.25, -0.2) is 0 Å². The lowest BCUT2D eigenvalue weighted by Gasteiger charge is -2.22. The average Bonchev–Trinajstić information content (AvgIpc) is 2.34. The third-order valence-corrected chi connectivity index (χ3v) is 2.39. The van der Waals surface area contributed by atoms with Crippen LogP contribution in [0.25, 0.3) is 0 Å². The van der Waals surface area contributed by atoms with Crippen LogP contribution in [0.1, 0.15) is 12.0 Å². The molecule has 3 nitrogen and oxygen atoms in total. The third-order valence-electron chi connectivity index (χ3n) is 2.39. The maximum absolute atomic E-state index is 11.9. The van der Waals surface area contributed by atoms with Gasteiger partial charge >= 0.3 is 6.18 Å². The number of hydrogen-bond acceptors (Lipinski definition) is 3. The Kier molecular flexibility index (Phi) is 4.70. The molecule has 2 N–H and O–H groups in total. The predicted octanol–water partition coefficient (Wildman–Crippen LogP) is 2.33. The number of rotatable bonds is 5. The highest BCUT2D eigenvalue weighted by Gasteiger charge is 2.30. The second-order valence-electron chi connectivity index (χ2n) is 3.87. The van der Waals surface area contributed by atoms with Crippen LogP contribution in [0.2, 0.25) is 0 Å². The van der Waals surface area contributed by atoms with Crippen LogP contribution in [0.15, 0.2) is 30.3 Å². The average molecular weight is 258 g/mol. The summed E-state index contributed by atoms with van der Waals surface area (Å²) in [4.78, 5) is 0. The molecule has 0 aliphatic rings. The molecule has 0 saturated carbocycles. The molecule has 0 fully saturated rings. The first kappa shape index (κ1) is 14.5. The van der Waals surface area contributed by atoms with Crippen molar-refractivity contribution < 1.29 is 17.9 Å². The highest BCUT2D eigenvalue weighted by Crippen LogP contribution is 2.22. The van der Waals surface area contributed by atoms with Crippen LogP contribution >= 0.6 is 0 Å². The lowest BCUT2D eigenvalue weighted by molar-refractivity contribution is -0.174. The molecule has 98 valence electrons. The SMILES string of the molecule is N#CC(N)(CCOCC(F)(F)F)c1ccccc1. The second kappa shape index (κ2) is 5.85. The number of alkyl halides is 3. The minimum absolute atomic E-state index is 0.00356. The van der Waals surface area contributed by atoms with E-state index in [1.54, 1.807) is 30.3 Å². The summed E-state index contributed by atoms with van der Waals surface area (Å²) in [6.07, 6.45) is -4.36. The maximum atomic E-state index is 11.9. The van der Waals surface area contributed by atoms with Crippen molar-refractivity contribution in [1.29, 1.82) is 5.26 Å². The summed E-state index contributed by atoms with van der Waals surface area (Å²) in [5.74, 6) is 0. The highest BCUT2D eigenvalue weighted by molar-refractivity contribution is 5.30. The molecular weight excluding hydrogens is 245 g/mol. The summed E-state index contributed by atoms with van der Waals surface area (Å²) in [6, 6.07) is 10.4. The molecule has 0 aromatic heterocycles. The van der Waals surface area contributed by atoms with Gasteiger partial charge in [0.05, 0.1) is 12.7 Å². The van der Waals surface area contributed by atoms with E-state index in [0.29, 0.717) is 5.56 Å². The Hall–Kier alpha value is -1.58. The molecule has 1 aromatic rings. The smallest absolute Gasteiger partial charge is 0.372 e. The fraction of sp³-hybridized carbons (Fsp3) is 0.417. The van der Waals surface area contributed by atoms with Crippen molar-refractivity contribution in [3.63, 3.8) is 0 Å². The Morgan fingerprint density at radius 1 is 1.22 bits per heavy atom. The van der Waals surface area contributed by atoms with Crippen molar-refractivity contribution >= 4 is 0 Å². The first-order valence-electron chi connectivity index (χ1n) is 5.27. The van der Waals surface area contributed by atoms with Gasteiger partial charge in [-0.1, -0.05) is 30.3 Å². The molecule has 1 rings (SSSR count). The molecule has 1 unspecified atom stereocenters. The standard InChI is InChI=1S/C12H13F3N2O/c13-12(14,15)9-18-7-6-11(17,8-16)10-4-2-1-3-5-10/h1-5H,6-7,9,17H2. The minimum Gasteiger partial charge on any atom is -0.372 e.